The lowest BCUT2D eigenvalue weighted by molar-refractivity contribution is 0.0600. The first-order valence-corrected chi connectivity index (χ1v) is 13.3. The molecule has 0 unspecified atom stereocenters. The zero-order valence-corrected chi connectivity index (χ0v) is 23.6. The number of benzene rings is 5. The van der Waals surface area contributed by atoms with Crippen molar-refractivity contribution < 1.29 is 33.3 Å². The number of ether oxygens (including phenoxy) is 5. The monoisotopic (exact) mass is 562 g/mol. The van der Waals surface area contributed by atoms with Crippen LogP contribution >= 0.6 is 0 Å². The molecule has 7 nitrogen and oxygen atoms in total. The third kappa shape index (κ3) is 5.63. The van der Waals surface area contributed by atoms with E-state index in [9.17, 15) is 9.59 Å². The van der Waals surface area contributed by atoms with Gasteiger partial charge in [-0.15, -0.1) is 0 Å². The number of hydrogen-bond acceptors (Lipinski definition) is 7. The van der Waals surface area contributed by atoms with E-state index in [1.165, 1.54) is 14.2 Å². The van der Waals surface area contributed by atoms with Crippen LogP contribution in [0.4, 0.5) is 0 Å². The molecule has 0 fully saturated rings. The van der Waals surface area contributed by atoms with Crippen LogP contribution in [0, 0.1) is 0 Å². The van der Waals surface area contributed by atoms with Crippen molar-refractivity contribution in [3.63, 3.8) is 0 Å². The molecule has 0 N–H and O–H groups in total. The fraction of sp³-hybridized carbons (Fsp3) is 0.143. The van der Waals surface area contributed by atoms with Crippen molar-refractivity contribution in [3.8, 4) is 34.1 Å². The van der Waals surface area contributed by atoms with E-state index in [0.717, 1.165) is 17.4 Å². The van der Waals surface area contributed by atoms with Gasteiger partial charge in [-0.1, -0.05) is 72.8 Å². The maximum Gasteiger partial charge on any atom is 0.337 e. The minimum absolute atomic E-state index is 0.236. The molecule has 5 aromatic carbocycles. The Morgan fingerprint density at radius 2 is 1.31 bits per heavy atom. The van der Waals surface area contributed by atoms with Gasteiger partial charge in [-0.25, -0.2) is 4.79 Å². The molecule has 0 aliphatic heterocycles. The summed E-state index contributed by atoms with van der Waals surface area (Å²) in [7, 11) is 4.38. The molecule has 0 radical (unpaired) electrons. The van der Waals surface area contributed by atoms with Gasteiger partial charge in [0.25, 0.3) is 0 Å². The van der Waals surface area contributed by atoms with Crippen LogP contribution in [0.3, 0.4) is 0 Å². The molecule has 5 rings (SSSR count). The van der Waals surface area contributed by atoms with Gasteiger partial charge in [0, 0.05) is 16.5 Å². The molecular formula is C35H30O7. The highest BCUT2D eigenvalue weighted by Gasteiger charge is 2.27. The summed E-state index contributed by atoms with van der Waals surface area (Å²) < 4.78 is 29.3. The zero-order chi connectivity index (χ0) is 29.5. The first-order valence-electron chi connectivity index (χ1n) is 13.3. The quantitative estimate of drug-likeness (QED) is 0.124. The third-order valence-electron chi connectivity index (χ3n) is 6.91. The smallest absolute Gasteiger partial charge is 0.337 e. The molecule has 0 saturated heterocycles. The molecule has 0 atom stereocenters. The van der Waals surface area contributed by atoms with E-state index in [0.29, 0.717) is 57.1 Å². The van der Waals surface area contributed by atoms with Crippen LogP contribution in [-0.4, -0.2) is 33.6 Å². The van der Waals surface area contributed by atoms with Gasteiger partial charge in [-0.2, -0.15) is 0 Å². The molecule has 0 aliphatic carbocycles. The Labute approximate surface area is 244 Å². The highest BCUT2D eigenvalue weighted by Crippen LogP contribution is 2.50. The Morgan fingerprint density at radius 3 is 1.88 bits per heavy atom. The first-order chi connectivity index (χ1) is 20.6. The van der Waals surface area contributed by atoms with Crippen molar-refractivity contribution in [2.24, 2.45) is 0 Å². The number of carbonyl (C=O) groups excluding carboxylic acids is 2. The van der Waals surface area contributed by atoms with Crippen LogP contribution in [0.1, 0.15) is 31.8 Å². The lowest BCUT2D eigenvalue weighted by Crippen LogP contribution is -2.06. The van der Waals surface area contributed by atoms with Gasteiger partial charge >= 0.3 is 5.97 Å². The lowest BCUT2D eigenvalue weighted by Gasteiger charge is -2.22. The Morgan fingerprint density at radius 1 is 0.690 bits per heavy atom. The fourth-order valence-electron chi connectivity index (χ4n) is 4.95. The van der Waals surface area contributed by atoms with E-state index in [-0.39, 0.29) is 12.2 Å². The Hall–Kier alpha value is -5.30. The van der Waals surface area contributed by atoms with Crippen molar-refractivity contribution in [2.75, 3.05) is 21.3 Å². The predicted octanol–water partition coefficient (Wildman–Crippen LogP) is 7.28. The number of methoxy groups -OCH3 is 3. The molecule has 7 heteroatoms. The van der Waals surface area contributed by atoms with Gasteiger partial charge in [-0.3, -0.25) is 4.79 Å². The van der Waals surface area contributed by atoms with Crippen LogP contribution in [0.25, 0.3) is 21.9 Å². The molecular weight excluding hydrogens is 532 g/mol. The molecule has 0 spiro atoms. The van der Waals surface area contributed by atoms with Crippen LogP contribution in [0.2, 0.25) is 0 Å². The average Bonchev–Trinajstić information content (AvgIpc) is 3.05. The van der Waals surface area contributed by atoms with E-state index >= 15 is 0 Å². The molecule has 5 aromatic rings. The fourth-order valence-corrected chi connectivity index (χ4v) is 4.95. The zero-order valence-electron chi connectivity index (χ0n) is 23.6. The Bertz CT molecular complexity index is 1710. The van der Waals surface area contributed by atoms with Crippen molar-refractivity contribution in [1.29, 1.82) is 0 Å². The maximum absolute atomic E-state index is 12.8. The van der Waals surface area contributed by atoms with E-state index in [4.69, 9.17) is 23.7 Å². The second-order valence-electron chi connectivity index (χ2n) is 9.40. The molecule has 0 aromatic heterocycles. The number of fused-ring (bicyclic) bond motifs is 1. The van der Waals surface area contributed by atoms with Crippen molar-refractivity contribution in [2.45, 2.75) is 13.2 Å². The van der Waals surface area contributed by atoms with E-state index in [1.54, 1.807) is 25.3 Å². The normalized spacial score (nSPS) is 10.6. The summed E-state index contributed by atoms with van der Waals surface area (Å²) in [6.07, 6.45) is 0.735. The molecule has 0 bridgehead atoms. The predicted molar refractivity (Wildman–Crippen MR) is 161 cm³/mol. The maximum atomic E-state index is 12.8. The highest BCUT2D eigenvalue weighted by atomic mass is 16.5. The van der Waals surface area contributed by atoms with Crippen LogP contribution in [0.15, 0.2) is 97.1 Å². The minimum atomic E-state index is -0.509. The minimum Gasteiger partial charge on any atom is -0.495 e. The van der Waals surface area contributed by atoms with Gasteiger partial charge < -0.3 is 23.7 Å². The van der Waals surface area contributed by atoms with Crippen molar-refractivity contribution in [3.05, 3.63) is 119 Å². The summed E-state index contributed by atoms with van der Waals surface area (Å²) in [5.41, 5.74) is 3.52. The number of esters is 1. The van der Waals surface area contributed by atoms with Crippen molar-refractivity contribution in [1.82, 2.24) is 0 Å². The van der Waals surface area contributed by atoms with Gasteiger partial charge in [0.05, 0.1) is 37.8 Å². The van der Waals surface area contributed by atoms with E-state index in [1.807, 2.05) is 78.9 Å². The summed E-state index contributed by atoms with van der Waals surface area (Å²) in [5, 5.41) is 1.29. The molecule has 0 heterocycles. The standard InChI is InChI=1S/C35H30O7/c1-38-33-27-15-10-16-29(41-21-23-11-6-4-7-12-23)32(27)34(39-2)28(20-36)31(33)26-18-17-25(35(37)40-3)19-30(26)42-22-24-13-8-5-9-14-24/h4-20H,21-22H2,1-3H3. The van der Waals surface area contributed by atoms with Gasteiger partial charge in [-0.05, 0) is 35.4 Å². The van der Waals surface area contributed by atoms with Crippen LogP contribution in [0.5, 0.6) is 23.0 Å². The molecule has 42 heavy (non-hydrogen) atoms. The van der Waals surface area contributed by atoms with E-state index in [2.05, 4.69) is 0 Å². The van der Waals surface area contributed by atoms with E-state index < -0.39 is 5.97 Å². The SMILES string of the molecule is COC(=O)c1ccc(-c2c(C=O)c(OC)c3c(OCc4ccccc4)cccc3c2OC)c(OCc2ccccc2)c1. The Kier molecular flexibility index (Phi) is 8.68. The summed E-state index contributed by atoms with van der Waals surface area (Å²) in [6, 6.07) is 30.0. The number of rotatable bonds is 11. The van der Waals surface area contributed by atoms with Gasteiger partial charge in [0.2, 0.25) is 0 Å². The third-order valence-corrected chi connectivity index (χ3v) is 6.91. The number of carbonyl (C=O) groups is 2. The summed E-state index contributed by atoms with van der Waals surface area (Å²) in [5.74, 6) is 1.19. The topological polar surface area (TPSA) is 80.3 Å². The highest BCUT2D eigenvalue weighted by molar-refractivity contribution is 6.11. The second kappa shape index (κ2) is 12.9. The molecule has 0 saturated carbocycles. The number of aldehydes is 1. The van der Waals surface area contributed by atoms with Gasteiger partial charge in [0.1, 0.15) is 36.2 Å². The van der Waals surface area contributed by atoms with Crippen LogP contribution in [-0.2, 0) is 18.0 Å². The van der Waals surface area contributed by atoms with Crippen molar-refractivity contribution >= 4 is 23.0 Å². The van der Waals surface area contributed by atoms with Crippen LogP contribution < -0.4 is 18.9 Å². The first kappa shape index (κ1) is 28.2. The summed E-state index contributed by atoms with van der Waals surface area (Å²) in [6.45, 7) is 0.565. The lowest BCUT2D eigenvalue weighted by atomic mass is 9.91. The largest absolute Gasteiger partial charge is 0.495 e. The Balaban J connectivity index is 1.70. The molecule has 212 valence electrons. The second-order valence-corrected chi connectivity index (χ2v) is 9.40. The summed E-state index contributed by atoms with van der Waals surface area (Å²) >= 11 is 0. The van der Waals surface area contributed by atoms with Gasteiger partial charge in [0.15, 0.2) is 6.29 Å². The average molecular weight is 563 g/mol. The summed E-state index contributed by atoms with van der Waals surface area (Å²) in [4.78, 5) is 25.2. The molecule has 0 amide bonds. The molecule has 0 aliphatic rings. The number of hydrogen-bond donors (Lipinski definition) is 0.